The largest absolute Gasteiger partial charge is 0.497 e. The van der Waals surface area contributed by atoms with Crippen molar-refractivity contribution in [1.29, 1.82) is 0 Å². The Balaban J connectivity index is 0.00000338. The summed E-state index contributed by atoms with van der Waals surface area (Å²) in [4.78, 5) is 12.2. The molecule has 0 spiro atoms. The van der Waals surface area contributed by atoms with Crippen LogP contribution in [0.2, 0.25) is 0 Å². The van der Waals surface area contributed by atoms with E-state index in [1.807, 2.05) is 19.1 Å². The van der Waals surface area contributed by atoms with Crippen molar-refractivity contribution < 1.29 is 23.0 Å². The van der Waals surface area contributed by atoms with Gasteiger partial charge in [-0.1, -0.05) is 29.8 Å². The lowest BCUT2D eigenvalue weighted by Gasteiger charge is -2.15. The number of halogens is 3. The van der Waals surface area contributed by atoms with Crippen LogP contribution < -0.4 is 20.5 Å². The summed E-state index contributed by atoms with van der Waals surface area (Å²) in [6.07, 6.45) is 0. The highest BCUT2D eigenvalue weighted by molar-refractivity contribution is 5.85. The van der Waals surface area contributed by atoms with Gasteiger partial charge < -0.3 is 20.5 Å². The first-order valence-electron chi connectivity index (χ1n) is 7.62. The molecule has 0 saturated carbocycles. The Kier molecular flexibility index (Phi) is 8.28. The summed E-state index contributed by atoms with van der Waals surface area (Å²) in [6.45, 7) is -1.04. The maximum Gasteiger partial charge on any atom is 0.387 e. The quantitative estimate of drug-likeness (QED) is 0.765. The van der Waals surface area contributed by atoms with Crippen LogP contribution in [0, 0.1) is 6.92 Å². The minimum absolute atomic E-state index is 0. The van der Waals surface area contributed by atoms with Crippen LogP contribution in [0.25, 0.3) is 0 Å². The molecule has 0 radical (unpaired) electrons. The molecule has 0 heterocycles. The third-order valence-electron chi connectivity index (χ3n) is 3.66. The van der Waals surface area contributed by atoms with E-state index in [0.717, 1.165) is 5.56 Å². The van der Waals surface area contributed by atoms with E-state index in [1.165, 1.54) is 25.3 Å². The van der Waals surface area contributed by atoms with Crippen LogP contribution in [0.4, 0.5) is 8.78 Å². The third kappa shape index (κ3) is 5.86. The van der Waals surface area contributed by atoms with Gasteiger partial charge in [-0.15, -0.1) is 12.4 Å². The zero-order valence-corrected chi connectivity index (χ0v) is 15.2. The average Bonchev–Trinajstić information content (AvgIpc) is 2.60. The zero-order chi connectivity index (χ0) is 18.4. The molecule has 1 atom stereocenters. The zero-order valence-electron chi connectivity index (χ0n) is 14.4. The van der Waals surface area contributed by atoms with Gasteiger partial charge in [0.15, 0.2) is 0 Å². The number of amides is 1. The fourth-order valence-corrected chi connectivity index (χ4v) is 2.25. The number of benzene rings is 2. The average molecular weight is 387 g/mol. The lowest BCUT2D eigenvalue weighted by molar-refractivity contribution is -0.122. The summed E-state index contributed by atoms with van der Waals surface area (Å²) in [5, 5.41) is 2.63. The Morgan fingerprint density at radius 3 is 2.42 bits per heavy atom. The standard InChI is InChI=1S/C18H20F2N2O3.ClH/c1-11-3-5-12(6-4-11)16(21)17(23)22-10-13-9-14(24-2)7-8-15(13)25-18(19)20;/h3-9,16,18H,10,21H2,1-2H3,(H,22,23);1H. The van der Waals surface area contributed by atoms with Crippen molar-refractivity contribution >= 4 is 18.3 Å². The molecule has 0 aliphatic carbocycles. The molecule has 2 aromatic rings. The highest BCUT2D eigenvalue weighted by Gasteiger charge is 2.17. The molecule has 0 bridgehead atoms. The van der Waals surface area contributed by atoms with Gasteiger partial charge in [-0.2, -0.15) is 8.78 Å². The fourth-order valence-electron chi connectivity index (χ4n) is 2.25. The Hall–Kier alpha value is -2.38. The molecule has 142 valence electrons. The first-order chi connectivity index (χ1) is 11.9. The number of carbonyl (C=O) groups excluding carboxylic acids is 1. The second-order valence-electron chi connectivity index (χ2n) is 5.46. The van der Waals surface area contributed by atoms with Crippen molar-refractivity contribution in [3.05, 3.63) is 59.2 Å². The summed E-state index contributed by atoms with van der Waals surface area (Å²) >= 11 is 0. The van der Waals surface area contributed by atoms with Gasteiger partial charge in [0.05, 0.1) is 7.11 Å². The molecule has 0 saturated heterocycles. The van der Waals surface area contributed by atoms with E-state index in [1.54, 1.807) is 12.1 Å². The first-order valence-corrected chi connectivity index (χ1v) is 7.62. The Morgan fingerprint density at radius 2 is 1.85 bits per heavy atom. The summed E-state index contributed by atoms with van der Waals surface area (Å²) in [5.41, 5.74) is 8.03. The number of carbonyl (C=O) groups is 1. The van der Waals surface area contributed by atoms with E-state index in [2.05, 4.69) is 10.1 Å². The van der Waals surface area contributed by atoms with Crippen LogP contribution >= 0.6 is 12.4 Å². The molecule has 0 fully saturated rings. The molecular weight excluding hydrogens is 366 g/mol. The molecule has 0 aliphatic rings. The minimum Gasteiger partial charge on any atom is -0.497 e. The molecule has 1 unspecified atom stereocenters. The number of methoxy groups -OCH3 is 1. The van der Waals surface area contributed by atoms with Crippen molar-refractivity contribution in [1.82, 2.24) is 5.32 Å². The fraction of sp³-hybridized carbons (Fsp3) is 0.278. The number of nitrogens with two attached hydrogens (primary N) is 1. The number of alkyl halides is 2. The summed E-state index contributed by atoms with van der Waals surface area (Å²) in [7, 11) is 1.46. The van der Waals surface area contributed by atoms with Crippen LogP contribution in [0.15, 0.2) is 42.5 Å². The van der Waals surface area contributed by atoms with E-state index in [0.29, 0.717) is 16.9 Å². The highest BCUT2D eigenvalue weighted by atomic mass is 35.5. The molecule has 0 aliphatic heterocycles. The van der Waals surface area contributed by atoms with Crippen LogP contribution in [0.5, 0.6) is 11.5 Å². The van der Waals surface area contributed by atoms with E-state index >= 15 is 0 Å². The Bertz CT molecular complexity index is 727. The van der Waals surface area contributed by atoms with E-state index in [-0.39, 0.29) is 24.7 Å². The monoisotopic (exact) mass is 386 g/mol. The summed E-state index contributed by atoms with van der Waals surface area (Å²) in [6, 6.07) is 10.8. The second kappa shape index (κ2) is 9.94. The van der Waals surface area contributed by atoms with Gasteiger partial charge in [-0.3, -0.25) is 4.79 Å². The molecular formula is C18H21ClF2N2O3. The van der Waals surface area contributed by atoms with Crippen molar-refractivity contribution in [2.75, 3.05) is 7.11 Å². The van der Waals surface area contributed by atoms with E-state index in [9.17, 15) is 13.6 Å². The van der Waals surface area contributed by atoms with E-state index < -0.39 is 18.6 Å². The third-order valence-corrected chi connectivity index (χ3v) is 3.66. The van der Waals surface area contributed by atoms with Crippen molar-refractivity contribution in [3.8, 4) is 11.5 Å². The van der Waals surface area contributed by atoms with Crippen LogP contribution in [0.1, 0.15) is 22.7 Å². The molecule has 3 N–H and O–H groups in total. The van der Waals surface area contributed by atoms with Gasteiger partial charge in [0.1, 0.15) is 17.5 Å². The number of aryl methyl sites for hydroxylation is 1. The Morgan fingerprint density at radius 1 is 1.19 bits per heavy atom. The molecule has 26 heavy (non-hydrogen) atoms. The second-order valence-corrected chi connectivity index (χ2v) is 5.46. The van der Waals surface area contributed by atoms with Crippen LogP contribution in [-0.4, -0.2) is 19.6 Å². The number of rotatable bonds is 7. The number of ether oxygens (including phenoxy) is 2. The van der Waals surface area contributed by atoms with Gasteiger partial charge in [0, 0.05) is 12.1 Å². The predicted molar refractivity (Wildman–Crippen MR) is 96.8 cm³/mol. The normalized spacial score (nSPS) is 11.5. The summed E-state index contributed by atoms with van der Waals surface area (Å²) in [5.74, 6) is 0.0170. The van der Waals surface area contributed by atoms with Crippen LogP contribution in [-0.2, 0) is 11.3 Å². The minimum atomic E-state index is -2.96. The molecule has 2 aromatic carbocycles. The van der Waals surface area contributed by atoms with Gasteiger partial charge in [-0.05, 0) is 30.7 Å². The molecule has 8 heteroatoms. The maximum absolute atomic E-state index is 12.5. The van der Waals surface area contributed by atoms with Crippen LogP contribution in [0.3, 0.4) is 0 Å². The van der Waals surface area contributed by atoms with Gasteiger partial charge in [-0.25, -0.2) is 0 Å². The lowest BCUT2D eigenvalue weighted by Crippen LogP contribution is -2.33. The molecule has 5 nitrogen and oxygen atoms in total. The highest BCUT2D eigenvalue weighted by Crippen LogP contribution is 2.25. The summed E-state index contributed by atoms with van der Waals surface area (Å²) < 4.78 is 34.5. The smallest absolute Gasteiger partial charge is 0.387 e. The lowest BCUT2D eigenvalue weighted by atomic mass is 10.1. The van der Waals surface area contributed by atoms with Gasteiger partial charge >= 0.3 is 6.61 Å². The first kappa shape index (κ1) is 21.7. The van der Waals surface area contributed by atoms with Crippen molar-refractivity contribution in [2.24, 2.45) is 5.73 Å². The number of hydrogen-bond donors (Lipinski definition) is 2. The van der Waals surface area contributed by atoms with Crippen molar-refractivity contribution in [3.63, 3.8) is 0 Å². The van der Waals surface area contributed by atoms with Crippen molar-refractivity contribution in [2.45, 2.75) is 26.1 Å². The predicted octanol–water partition coefficient (Wildman–Crippen LogP) is 3.34. The SMILES string of the molecule is COc1ccc(OC(F)F)c(CNC(=O)C(N)c2ccc(C)cc2)c1.Cl. The molecule has 1 amide bonds. The molecule has 0 aromatic heterocycles. The van der Waals surface area contributed by atoms with Gasteiger partial charge in [0.2, 0.25) is 5.91 Å². The number of hydrogen-bond acceptors (Lipinski definition) is 4. The molecule has 2 rings (SSSR count). The topological polar surface area (TPSA) is 73.6 Å². The van der Waals surface area contributed by atoms with E-state index in [4.69, 9.17) is 10.5 Å². The van der Waals surface area contributed by atoms with Gasteiger partial charge in [0.25, 0.3) is 0 Å². The Labute approximate surface area is 156 Å². The maximum atomic E-state index is 12.5. The number of nitrogens with one attached hydrogen (secondary N) is 1.